The maximum atomic E-state index is 12.8. The third-order valence-electron chi connectivity index (χ3n) is 4.32. The molecule has 136 valence electrons. The van der Waals surface area contributed by atoms with Crippen molar-refractivity contribution in [1.29, 1.82) is 0 Å². The second-order valence-corrected chi connectivity index (χ2v) is 6.99. The van der Waals surface area contributed by atoms with Gasteiger partial charge in [-0.3, -0.25) is 4.79 Å². The van der Waals surface area contributed by atoms with Gasteiger partial charge in [-0.15, -0.1) is 0 Å². The van der Waals surface area contributed by atoms with Gasteiger partial charge >= 0.3 is 0 Å². The average Bonchev–Trinajstić information content (AvgIpc) is 2.60. The van der Waals surface area contributed by atoms with E-state index in [1.165, 1.54) is 0 Å². The number of hydrogen-bond donors (Lipinski definition) is 1. The van der Waals surface area contributed by atoms with Gasteiger partial charge in [-0.1, -0.05) is 45.0 Å². The highest BCUT2D eigenvalue weighted by molar-refractivity contribution is 6.06. The minimum absolute atomic E-state index is 0.129. The second kappa shape index (κ2) is 8.34. The minimum atomic E-state index is -0.855. The highest BCUT2D eigenvalue weighted by Gasteiger charge is 2.34. The third kappa shape index (κ3) is 4.51. The normalized spacial score (nSPS) is 13.7. The zero-order valence-electron chi connectivity index (χ0n) is 15.9. The summed E-state index contributed by atoms with van der Waals surface area (Å²) in [6.07, 6.45) is 1.61. The van der Waals surface area contributed by atoms with Gasteiger partial charge in [0.15, 0.2) is 0 Å². The number of carbonyl (C=O) groups is 1. The van der Waals surface area contributed by atoms with Crippen LogP contribution in [0.5, 0.6) is 5.75 Å². The number of methoxy groups -OCH3 is 1. The number of ether oxygens (including phenoxy) is 2. The van der Waals surface area contributed by atoms with E-state index < -0.39 is 5.60 Å². The van der Waals surface area contributed by atoms with Crippen molar-refractivity contribution in [2.24, 2.45) is 5.92 Å². The number of carbonyl (C=O) groups excluding carboxylic acids is 1. The van der Waals surface area contributed by atoms with Crippen molar-refractivity contribution in [1.82, 2.24) is 0 Å². The van der Waals surface area contributed by atoms with Crippen LogP contribution in [0.3, 0.4) is 0 Å². The van der Waals surface area contributed by atoms with Gasteiger partial charge in [-0.2, -0.15) is 0 Å². The van der Waals surface area contributed by atoms with Gasteiger partial charge in [0, 0.05) is 23.6 Å². The predicted octanol–water partition coefficient (Wildman–Crippen LogP) is 5.02. The monoisotopic (exact) mass is 343 g/mol. The maximum Gasteiger partial charge on any atom is 0.256 e. The Hall–Kier alpha value is -2.07. The Morgan fingerprint density at radius 3 is 2.44 bits per heavy atom. The van der Waals surface area contributed by atoms with Gasteiger partial charge in [-0.05, 0) is 37.8 Å². The zero-order valence-corrected chi connectivity index (χ0v) is 15.9. The summed E-state index contributed by atoms with van der Waals surface area (Å²) in [4.78, 5) is 12.8. The highest BCUT2D eigenvalue weighted by Crippen LogP contribution is 2.33. The van der Waals surface area contributed by atoms with Crippen molar-refractivity contribution < 1.29 is 14.3 Å². The van der Waals surface area contributed by atoms with Gasteiger partial charge in [0.1, 0.15) is 11.4 Å². The molecular weight excluding hydrogens is 314 g/mol. The molecule has 0 fully saturated rings. The van der Waals surface area contributed by atoms with Crippen molar-refractivity contribution in [3.05, 3.63) is 36.4 Å². The Morgan fingerprint density at radius 2 is 1.84 bits per heavy atom. The molecule has 0 aliphatic heterocycles. The topological polar surface area (TPSA) is 47.6 Å². The van der Waals surface area contributed by atoms with Crippen LogP contribution >= 0.6 is 0 Å². The van der Waals surface area contributed by atoms with Crippen molar-refractivity contribution in [3.8, 4) is 5.75 Å². The maximum absolute atomic E-state index is 12.8. The summed E-state index contributed by atoms with van der Waals surface area (Å²) in [5.74, 6) is 1.07. The van der Waals surface area contributed by atoms with Gasteiger partial charge < -0.3 is 14.8 Å². The molecule has 1 unspecified atom stereocenters. The Kier molecular flexibility index (Phi) is 6.43. The molecule has 0 radical (unpaired) electrons. The molecule has 0 aromatic heterocycles. The first-order valence-corrected chi connectivity index (χ1v) is 8.92. The summed E-state index contributed by atoms with van der Waals surface area (Å²) in [7, 11) is 1.59. The summed E-state index contributed by atoms with van der Waals surface area (Å²) >= 11 is 0. The van der Waals surface area contributed by atoms with Crippen LogP contribution in [0.1, 0.15) is 40.5 Å². The molecule has 1 atom stereocenters. The lowest BCUT2D eigenvalue weighted by atomic mass is 9.93. The van der Waals surface area contributed by atoms with Gasteiger partial charge in [0.25, 0.3) is 5.91 Å². The molecule has 4 heteroatoms. The standard InChI is InChI=1S/C21H29NO3/c1-6-13-25-19-12-11-18(16-9-7-8-10-17(16)19)22-20(23)21(4,24-5)14-15(2)3/h7-12,15H,6,13-14H2,1-5H3,(H,22,23). The largest absolute Gasteiger partial charge is 0.493 e. The van der Waals surface area contributed by atoms with E-state index in [0.29, 0.717) is 18.9 Å². The van der Waals surface area contributed by atoms with Crippen molar-refractivity contribution in [2.75, 3.05) is 19.0 Å². The van der Waals surface area contributed by atoms with Crippen LogP contribution in [0.4, 0.5) is 5.69 Å². The van der Waals surface area contributed by atoms with Crippen LogP contribution in [0, 0.1) is 5.92 Å². The number of benzene rings is 2. The first-order chi connectivity index (χ1) is 11.9. The number of rotatable bonds is 8. The van der Waals surface area contributed by atoms with Crippen molar-refractivity contribution in [3.63, 3.8) is 0 Å². The zero-order chi connectivity index (χ0) is 18.4. The van der Waals surface area contributed by atoms with E-state index in [9.17, 15) is 4.79 Å². The van der Waals surface area contributed by atoms with E-state index in [2.05, 4.69) is 26.1 Å². The molecule has 0 bridgehead atoms. The summed E-state index contributed by atoms with van der Waals surface area (Å²) in [6, 6.07) is 11.8. The SMILES string of the molecule is CCCOc1ccc(NC(=O)C(C)(CC(C)C)OC)c2ccccc12. The van der Waals surface area contributed by atoms with Crippen LogP contribution in [-0.4, -0.2) is 25.2 Å². The molecule has 2 rings (SSSR count). The first kappa shape index (κ1) is 19.3. The van der Waals surface area contributed by atoms with Crippen LogP contribution in [0.2, 0.25) is 0 Å². The fraction of sp³-hybridized carbons (Fsp3) is 0.476. The lowest BCUT2D eigenvalue weighted by Crippen LogP contribution is -2.43. The Balaban J connectivity index is 2.34. The van der Waals surface area contributed by atoms with Crippen LogP contribution in [0.25, 0.3) is 10.8 Å². The molecule has 25 heavy (non-hydrogen) atoms. The van der Waals surface area contributed by atoms with E-state index in [4.69, 9.17) is 9.47 Å². The summed E-state index contributed by atoms with van der Waals surface area (Å²) < 4.78 is 11.4. The number of anilines is 1. The summed E-state index contributed by atoms with van der Waals surface area (Å²) in [6.45, 7) is 8.76. The van der Waals surface area contributed by atoms with Crippen LogP contribution in [-0.2, 0) is 9.53 Å². The van der Waals surface area contributed by atoms with Crippen LogP contribution in [0.15, 0.2) is 36.4 Å². The predicted molar refractivity (Wildman–Crippen MR) is 103 cm³/mol. The van der Waals surface area contributed by atoms with Gasteiger partial charge in [0.05, 0.1) is 6.61 Å². The Morgan fingerprint density at radius 1 is 1.16 bits per heavy atom. The van der Waals surface area contributed by atoms with E-state index >= 15 is 0 Å². The van der Waals surface area contributed by atoms with E-state index in [1.807, 2.05) is 43.3 Å². The lowest BCUT2D eigenvalue weighted by molar-refractivity contribution is -0.137. The Bertz CT molecular complexity index is 726. The van der Waals surface area contributed by atoms with E-state index in [-0.39, 0.29) is 5.91 Å². The van der Waals surface area contributed by atoms with Crippen LogP contribution < -0.4 is 10.1 Å². The van der Waals surface area contributed by atoms with Gasteiger partial charge in [0.2, 0.25) is 0 Å². The molecule has 4 nitrogen and oxygen atoms in total. The molecule has 2 aromatic carbocycles. The van der Waals surface area contributed by atoms with Crippen molar-refractivity contribution >= 4 is 22.4 Å². The minimum Gasteiger partial charge on any atom is -0.493 e. The first-order valence-electron chi connectivity index (χ1n) is 8.92. The molecule has 0 spiro atoms. The molecule has 0 aliphatic rings. The molecule has 1 amide bonds. The summed E-state index contributed by atoms with van der Waals surface area (Å²) in [5.41, 5.74) is -0.0800. The fourth-order valence-corrected chi connectivity index (χ4v) is 3.02. The lowest BCUT2D eigenvalue weighted by Gasteiger charge is -2.28. The van der Waals surface area contributed by atoms with Crippen molar-refractivity contribution in [2.45, 2.75) is 46.1 Å². The molecule has 0 aliphatic carbocycles. The number of hydrogen-bond acceptors (Lipinski definition) is 3. The molecule has 0 heterocycles. The number of amides is 1. The molecular formula is C21H29NO3. The molecule has 2 aromatic rings. The molecule has 0 saturated carbocycles. The van der Waals surface area contributed by atoms with Gasteiger partial charge in [-0.25, -0.2) is 0 Å². The molecule has 1 N–H and O–H groups in total. The van der Waals surface area contributed by atoms with E-state index in [0.717, 1.165) is 28.6 Å². The van der Waals surface area contributed by atoms with E-state index in [1.54, 1.807) is 7.11 Å². The average molecular weight is 343 g/mol. The summed E-state index contributed by atoms with van der Waals surface area (Å²) in [5, 5.41) is 5.01. The smallest absolute Gasteiger partial charge is 0.256 e. The second-order valence-electron chi connectivity index (χ2n) is 6.99. The Labute approximate surface area is 150 Å². The number of fused-ring (bicyclic) bond motifs is 1. The fourth-order valence-electron chi connectivity index (χ4n) is 3.02. The highest BCUT2D eigenvalue weighted by atomic mass is 16.5. The molecule has 0 saturated heterocycles. The third-order valence-corrected chi connectivity index (χ3v) is 4.32. The quantitative estimate of drug-likeness (QED) is 0.732. The number of nitrogens with one attached hydrogen (secondary N) is 1.